The van der Waals surface area contributed by atoms with Gasteiger partial charge in [0.1, 0.15) is 5.82 Å². The fourth-order valence-electron chi connectivity index (χ4n) is 1.47. The van der Waals surface area contributed by atoms with Crippen molar-refractivity contribution < 1.29 is 9.72 Å². The second-order valence-electron chi connectivity index (χ2n) is 3.77. The van der Waals surface area contributed by atoms with Gasteiger partial charge in [0.15, 0.2) is 0 Å². The molecule has 1 N–H and O–H groups in total. The van der Waals surface area contributed by atoms with Gasteiger partial charge in [-0.25, -0.2) is 4.98 Å². The number of nitro benzene ring substituents is 1. The predicted molar refractivity (Wildman–Crippen MR) is 75.3 cm³/mol. The summed E-state index contributed by atoms with van der Waals surface area (Å²) in [6, 6.07) is 6.63. The van der Waals surface area contributed by atoms with Crippen molar-refractivity contribution in [2.45, 2.75) is 0 Å². The number of rotatable bonds is 3. The van der Waals surface area contributed by atoms with Gasteiger partial charge in [0, 0.05) is 33.9 Å². The Morgan fingerprint density at radius 1 is 1.20 bits per heavy atom. The lowest BCUT2D eigenvalue weighted by Gasteiger charge is -2.05. The van der Waals surface area contributed by atoms with E-state index in [2.05, 4.69) is 10.3 Å². The Bertz CT molecular complexity index is 691. The van der Waals surface area contributed by atoms with E-state index < -0.39 is 10.8 Å². The summed E-state index contributed by atoms with van der Waals surface area (Å²) in [6.45, 7) is 0. The zero-order chi connectivity index (χ0) is 14.7. The minimum Gasteiger partial charge on any atom is -0.307 e. The van der Waals surface area contributed by atoms with Crippen LogP contribution in [-0.2, 0) is 0 Å². The lowest BCUT2D eigenvalue weighted by molar-refractivity contribution is -0.384. The predicted octanol–water partition coefficient (Wildman–Crippen LogP) is 3.55. The second kappa shape index (κ2) is 5.85. The molecule has 0 saturated heterocycles. The molecule has 2 rings (SSSR count). The molecule has 0 atom stereocenters. The van der Waals surface area contributed by atoms with E-state index in [1.807, 2.05) is 0 Å². The number of anilines is 1. The zero-order valence-corrected chi connectivity index (χ0v) is 11.4. The largest absolute Gasteiger partial charge is 0.307 e. The van der Waals surface area contributed by atoms with Crippen LogP contribution in [0.15, 0.2) is 36.5 Å². The third-order valence-corrected chi connectivity index (χ3v) is 2.77. The Balaban J connectivity index is 2.27. The number of halogens is 2. The third kappa shape index (κ3) is 3.43. The molecule has 20 heavy (non-hydrogen) atoms. The monoisotopic (exact) mass is 311 g/mol. The van der Waals surface area contributed by atoms with Crippen molar-refractivity contribution in [2.75, 3.05) is 5.32 Å². The van der Waals surface area contributed by atoms with Crippen LogP contribution in [0.4, 0.5) is 11.5 Å². The molecule has 0 radical (unpaired) electrons. The van der Waals surface area contributed by atoms with Crippen molar-refractivity contribution in [1.29, 1.82) is 0 Å². The molecule has 0 aliphatic rings. The molecule has 8 heteroatoms. The molecule has 0 spiro atoms. The Labute approximate surface area is 123 Å². The minimum atomic E-state index is -0.625. The highest BCUT2D eigenvalue weighted by atomic mass is 35.5. The smallest absolute Gasteiger partial charge is 0.271 e. The molecule has 6 nitrogen and oxygen atoms in total. The summed E-state index contributed by atoms with van der Waals surface area (Å²) in [4.78, 5) is 26.0. The maximum atomic E-state index is 12.0. The number of pyridine rings is 1. The van der Waals surface area contributed by atoms with E-state index in [1.165, 1.54) is 18.3 Å². The maximum absolute atomic E-state index is 12.0. The van der Waals surface area contributed by atoms with Crippen molar-refractivity contribution >= 4 is 40.6 Å². The van der Waals surface area contributed by atoms with Gasteiger partial charge in [-0.2, -0.15) is 0 Å². The van der Waals surface area contributed by atoms with Gasteiger partial charge in [-0.05, 0) is 18.2 Å². The van der Waals surface area contributed by atoms with Gasteiger partial charge in [-0.15, -0.1) is 0 Å². The first-order valence-electron chi connectivity index (χ1n) is 5.33. The number of carbonyl (C=O) groups excluding carboxylic acids is 1. The summed E-state index contributed by atoms with van der Waals surface area (Å²) in [5, 5.41) is 13.7. The summed E-state index contributed by atoms with van der Waals surface area (Å²) in [7, 11) is 0. The summed E-state index contributed by atoms with van der Waals surface area (Å²) in [6.07, 6.45) is 1.43. The van der Waals surface area contributed by atoms with Crippen LogP contribution in [0.25, 0.3) is 0 Å². The molecule has 1 amide bonds. The Hall–Kier alpha value is -2.18. The number of carbonyl (C=O) groups is 1. The molecule has 0 aliphatic carbocycles. The number of hydrogen-bond acceptors (Lipinski definition) is 4. The number of nitrogens with one attached hydrogen (secondary N) is 1. The number of aromatic nitrogens is 1. The molecule has 2 aromatic rings. The van der Waals surface area contributed by atoms with Gasteiger partial charge in [-0.1, -0.05) is 23.2 Å². The topological polar surface area (TPSA) is 85.1 Å². The average Bonchev–Trinajstić information content (AvgIpc) is 2.37. The molecule has 1 aromatic heterocycles. The van der Waals surface area contributed by atoms with Gasteiger partial charge >= 0.3 is 0 Å². The Morgan fingerprint density at radius 2 is 1.95 bits per heavy atom. The highest BCUT2D eigenvalue weighted by Crippen LogP contribution is 2.22. The maximum Gasteiger partial charge on any atom is 0.271 e. The normalized spacial score (nSPS) is 10.1. The molecule has 0 bridgehead atoms. The van der Waals surface area contributed by atoms with Crippen molar-refractivity contribution in [3.8, 4) is 0 Å². The van der Waals surface area contributed by atoms with Crippen LogP contribution < -0.4 is 5.32 Å². The number of hydrogen-bond donors (Lipinski definition) is 1. The quantitative estimate of drug-likeness (QED) is 0.693. The van der Waals surface area contributed by atoms with E-state index in [4.69, 9.17) is 23.2 Å². The Morgan fingerprint density at radius 3 is 2.60 bits per heavy atom. The van der Waals surface area contributed by atoms with Gasteiger partial charge in [0.05, 0.1) is 4.92 Å². The number of amides is 1. The number of nitro groups is 1. The number of non-ortho nitro benzene ring substituents is 1. The van der Waals surface area contributed by atoms with Crippen LogP contribution >= 0.6 is 23.2 Å². The van der Waals surface area contributed by atoms with Crippen LogP contribution in [-0.4, -0.2) is 15.8 Å². The van der Waals surface area contributed by atoms with Crippen LogP contribution in [0.1, 0.15) is 10.4 Å². The third-order valence-electron chi connectivity index (χ3n) is 2.32. The van der Waals surface area contributed by atoms with Gasteiger partial charge in [0.25, 0.3) is 11.6 Å². The summed E-state index contributed by atoms with van der Waals surface area (Å²) < 4.78 is 0. The first-order chi connectivity index (χ1) is 9.45. The SMILES string of the molecule is O=C(Nc1cc(Cl)ccn1)c1cc(Cl)cc([N+](=O)[O-])c1. The van der Waals surface area contributed by atoms with E-state index >= 15 is 0 Å². The fraction of sp³-hybridized carbons (Fsp3) is 0. The van der Waals surface area contributed by atoms with Gasteiger partial charge < -0.3 is 5.32 Å². The van der Waals surface area contributed by atoms with Crippen LogP contribution in [0, 0.1) is 10.1 Å². The summed E-state index contributed by atoms with van der Waals surface area (Å²) >= 11 is 11.5. The van der Waals surface area contributed by atoms with E-state index in [-0.39, 0.29) is 22.1 Å². The van der Waals surface area contributed by atoms with Crippen molar-refractivity contribution in [3.05, 3.63) is 62.3 Å². The van der Waals surface area contributed by atoms with Gasteiger partial charge in [0.2, 0.25) is 0 Å². The first-order valence-corrected chi connectivity index (χ1v) is 6.09. The lowest BCUT2D eigenvalue weighted by Crippen LogP contribution is -2.13. The summed E-state index contributed by atoms with van der Waals surface area (Å²) in [5.74, 6) is -0.324. The molecule has 0 unspecified atom stereocenters. The van der Waals surface area contributed by atoms with E-state index in [9.17, 15) is 14.9 Å². The standard InChI is InChI=1S/C12H7Cl2N3O3/c13-8-1-2-15-11(6-8)16-12(18)7-3-9(14)5-10(4-7)17(19)20/h1-6H,(H,15,16,18). The molecule has 0 fully saturated rings. The van der Waals surface area contributed by atoms with Crippen molar-refractivity contribution in [2.24, 2.45) is 0 Å². The lowest BCUT2D eigenvalue weighted by atomic mass is 10.2. The minimum absolute atomic E-state index is 0.0611. The second-order valence-corrected chi connectivity index (χ2v) is 4.64. The molecular weight excluding hydrogens is 305 g/mol. The van der Waals surface area contributed by atoms with Crippen LogP contribution in [0.3, 0.4) is 0 Å². The first kappa shape index (κ1) is 14.2. The van der Waals surface area contributed by atoms with Crippen LogP contribution in [0.5, 0.6) is 0 Å². The van der Waals surface area contributed by atoms with E-state index in [0.29, 0.717) is 5.02 Å². The van der Waals surface area contributed by atoms with Gasteiger partial charge in [-0.3, -0.25) is 14.9 Å². The zero-order valence-electron chi connectivity index (χ0n) is 9.84. The highest BCUT2D eigenvalue weighted by Gasteiger charge is 2.14. The molecular formula is C12H7Cl2N3O3. The fourth-order valence-corrected chi connectivity index (χ4v) is 1.86. The number of benzene rings is 1. The molecule has 1 heterocycles. The molecule has 102 valence electrons. The molecule has 0 aliphatic heterocycles. The van der Waals surface area contributed by atoms with Crippen molar-refractivity contribution in [1.82, 2.24) is 4.98 Å². The van der Waals surface area contributed by atoms with Crippen LogP contribution in [0.2, 0.25) is 10.0 Å². The highest BCUT2D eigenvalue weighted by molar-refractivity contribution is 6.31. The van der Waals surface area contributed by atoms with E-state index in [1.54, 1.807) is 6.07 Å². The molecule has 1 aromatic carbocycles. The summed E-state index contributed by atoms with van der Waals surface area (Å²) in [5.41, 5.74) is -0.201. The van der Waals surface area contributed by atoms with Crippen molar-refractivity contribution in [3.63, 3.8) is 0 Å². The average molecular weight is 312 g/mol. The Kier molecular flexibility index (Phi) is 4.16. The number of nitrogens with zero attached hydrogens (tertiary/aromatic N) is 2. The molecule has 0 saturated carbocycles. The van der Waals surface area contributed by atoms with E-state index in [0.717, 1.165) is 12.1 Å².